The topological polar surface area (TPSA) is 96.9 Å². The highest BCUT2D eigenvalue weighted by Crippen LogP contribution is 2.35. The summed E-state index contributed by atoms with van der Waals surface area (Å²) in [6, 6.07) is 6.50. The fraction of sp³-hybridized carbons (Fsp3) is 0.273. The summed E-state index contributed by atoms with van der Waals surface area (Å²) in [5.74, 6) is 1.60. The number of H-pyrrole nitrogens is 1. The van der Waals surface area contributed by atoms with Crippen LogP contribution in [0.25, 0.3) is 27.3 Å². The number of aryl methyl sites for hydroxylation is 3. The van der Waals surface area contributed by atoms with E-state index >= 15 is 0 Å². The molecule has 0 aliphatic rings. The summed E-state index contributed by atoms with van der Waals surface area (Å²) in [5, 5.41) is 14.5. The van der Waals surface area contributed by atoms with Crippen LogP contribution in [-0.4, -0.2) is 29.7 Å². The second-order valence-corrected chi connectivity index (χ2v) is 8.97. The van der Waals surface area contributed by atoms with Crippen LogP contribution >= 0.6 is 11.3 Å². The highest BCUT2D eigenvalue weighted by atomic mass is 32.1. The van der Waals surface area contributed by atoms with Crippen LogP contribution in [0.3, 0.4) is 0 Å². The number of fused-ring (bicyclic) bond motifs is 1. The summed E-state index contributed by atoms with van der Waals surface area (Å²) in [7, 11) is 0. The lowest BCUT2D eigenvalue weighted by Gasteiger charge is -2.13. The highest BCUT2D eigenvalue weighted by molar-refractivity contribution is 7.15. The third-order valence-electron chi connectivity index (χ3n) is 5.41. The molecule has 0 bridgehead atoms. The molecule has 8 nitrogen and oxygen atoms in total. The van der Waals surface area contributed by atoms with Crippen LogP contribution in [-0.2, 0) is 6.54 Å². The number of aromatic amines is 1. The molecule has 1 atom stereocenters. The normalized spacial score (nSPS) is 12.6. The van der Waals surface area contributed by atoms with Crippen LogP contribution in [0, 0.1) is 20.8 Å². The molecule has 1 unspecified atom stereocenters. The zero-order valence-corrected chi connectivity index (χ0v) is 18.6. The Labute approximate surface area is 183 Å². The zero-order chi connectivity index (χ0) is 21.5. The Morgan fingerprint density at radius 3 is 2.77 bits per heavy atom. The Hall–Kier alpha value is -3.30. The number of imidazole rings is 1. The number of hydrogen-bond donors (Lipinski definition) is 2. The summed E-state index contributed by atoms with van der Waals surface area (Å²) in [5.41, 5.74) is 5.96. The van der Waals surface area contributed by atoms with E-state index in [1.54, 1.807) is 11.3 Å². The fourth-order valence-corrected chi connectivity index (χ4v) is 4.71. The van der Waals surface area contributed by atoms with Crippen molar-refractivity contribution in [3.05, 3.63) is 64.6 Å². The maximum absolute atomic E-state index is 5.46. The van der Waals surface area contributed by atoms with Crippen molar-refractivity contribution in [3.8, 4) is 21.7 Å². The molecule has 0 aromatic carbocycles. The van der Waals surface area contributed by atoms with Crippen molar-refractivity contribution in [2.75, 3.05) is 0 Å². The lowest BCUT2D eigenvalue weighted by Crippen LogP contribution is -2.19. The molecule has 5 aromatic heterocycles. The first-order chi connectivity index (χ1) is 15.0. The van der Waals surface area contributed by atoms with Crippen LogP contribution < -0.4 is 5.32 Å². The quantitative estimate of drug-likeness (QED) is 0.406. The number of aromatic nitrogens is 6. The van der Waals surface area contributed by atoms with Crippen LogP contribution in [0.4, 0.5) is 0 Å². The molecule has 0 saturated heterocycles. The monoisotopic (exact) mass is 433 g/mol. The van der Waals surface area contributed by atoms with E-state index in [1.807, 2.05) is 20.0 Å². The van der Waals surface area contributed by atoms with Gasteiger partial charge in [0.15, 0.2) is 0 Å². The smallest absolute Gasteiger partial charge is 0.145 e. The first-order valence-corrected chi connectivity index (χ1v) is 10.9. The molecule has 158 valence electrons. The lowest BCUT2D eigenvalue weighted by atomic mass is 10.0. The minimum Gasteiger partial charge on any atom is -0.361 e. The second kappa shape index (κ2) is 7.75. The largest absolute Gasteiger partial charge is 0.361 e. The van der Waals surface area contributed by atoms with Gasteiger partial charge in [-0.25, -0.2) is 9.97 Å². The Morgan fingerprint density at radius 2 is 2.10 bits per heavy atom. The number of nitrogens with one attached hydrogen (secondary N) is 2. The molecule has 5 heterocycles. The Bertz CT molecular complexity index is 1330. The molecule has 2 N–H and O–H groups in total. The first-order valence-electron chi connectivity index (χ1n) is 10.1. The van der Waals surface area contributed by atoms with Crippen LogP contribution in [0.15, 0.2) is 41.4 Å². The van der Waals surface area contributed by atoms with Crippen molar-refractivity contribution in [1.29, 1.82) is 0 Å². The van der Waals surface area contributed by atoms with E-state index in [4.69, 9.17) is 9.51 Å². The van der Waals surface area contributed by atoms with Crippen molar-refractivity contribution in [1.82, 2.24) is 35.0 Å². The summed E-state index contributed by atoms with van der Waals surface area (Å²) in [6.45, 7) is 8.74. The van der Waals surface area contributed by atoms with Crippen molar-refractivity contribution in [2.45, 2.75) is 40.3 Å². The Kier molecular flexibility index (Phi) is 4.91. The van der Waals surface area contributed by atoms with Crippen molar-refractivity contribution >= 4 is 17.0 Å². The van der Waals surface area contributed by atoms with Gasteiger partial charge in [-0.3, -0.25) is 9.50 Å². The first kappa shape index (κ1) is 19.7. The Morgan fingerprint density at radius 1 is 1.23 bits per heavy atom. The van der Waals surface area contributed by atoms with E-state index in [-0.39, 0.29) is 6.04 Å². The molecule has 5 rings (SSSR count). The summed E-state index contributed by atoms with van der Waals surface area (Å²) in [6.07, 6.45) is 5.61. The van der Waals surface area contributed by atoms with E-state index in [0.29, 0.717) is 6.54 Å². The van der Waals surface area contributed by atoms with Gasteiger partial charge in [0.25, 0.3) is 0 Å². The van der Waals surface area contributed by atoms with Crippen molar-refractivity contribution in [3.63, 3.8) is 0 Å². The van der Waals surface area contributed by atoms with E-state index in [2.05, 4.69) is 68.3 Å². The van der Waals surface area contributed by atoms with Gasteiger partial charge in [-0.05, 0) is 51.5 Å². The summed E-state index contributed by atoms with van der Waals surface area (Å²) >= 11 is 1.77. The average molecular weight is 434 g/mol. The molecule has 0 aliphatic heterocycles. The van der Waals surface area contributed by atoms with Crippen molar-refractivity contribution in [2.24, 2.45) is 0 Å². The average Bonchev–Trinajstić information content (AvgIpc) is 3.53. The minimum absolute atomic E-state index is 0.0444. The van der Waals surface area contributed by atoms with Gasteiger partial charge < -0.3 is 9.84 Å². The van der Waals surface area contributed by atoms with Gasteiger partial charge in [0.05, 0.1) is 34.1 Å². The number of nitrogens with zero attached hydrogens (tertiary/aromatic N) is 5. The van der Waals surface area contributed by atoms with Gasteiger partial charge in [0, 0.05) is 23.2 Å². The zero-order valence-electron chi connectivity index (χ0n) is 17.8. The fourth-order valence-electron chi connectivity index (χ4n) is 3.84. The molecule has 0 amide bonds. The number of pyridine rings is 1. The second-order valence-electron chi connectivity index (χ2n) is 7.68. The maximum atomic E-state index is 5.46. The Balaban J connectivity index is 1.61. The number of rotatable bonds is 6. The SMILES string of the molecule is Cc1ccc(-c2cnc3c(-c4c(C)noc4C)cc(CNC(C)c4ncn[nH]4)cn23)s1. The summed E-state index contributed by atoms with van der Waals surface area (Å²) < 4.78 is 7.63. The minimum atomic E-state index is 0.0444. The molecule has 0 aliphatic carbocycles. The van der Waals surface area contributed by atoms with E-state index in [9.17, 15) is 0 Å². The van der Waals surface area contributed by atoms with Crippen LogP contribution in [0.1, 0.15) is 40.7 Å². The van der Waals surface area contributed by atoms with E-state index in [0.717, 1.165) is 45.3 Å². The molecular formula is C22H23N7OS. The molecule has 0 fully saturated rings. The predicted octanol–water partition coefficient (Wildman–Crippen LogP) is 4.61. The van der Waals surface area contributed by atoms with Crippen molar-refractivity contribution < 1.29 is 4.52 Å². The third kappa shape index (κ3) is 3.55. The molecule has 0 spiro atoms. The molecule has 0 saturated carbocycles. The van der Waals surface area contributed by atoms with Gasteiger partial charge in [-0.15, -0.1) is 11.3 Å². The standard InChI is InChI=1S/C22H23N7OS/c1-12-5-6-19(31-12)18-9-24-22-17(20-13(2)28-30-15(20)4)7-16(10-29(18)22)8-23-14(3)21-25-11-26-27-21/h5-7,9-11,14,23H,8H2,1-4H3,(H,25,26,27). The van der Waals surface area contributed by atoms with E-state index in [1.165, 1.54) is 16.1 Å². The third-order valence-corrected chi connectivity index (χ3v) is 6.44. The van der Waals surface area contributed by atoms with Gasteiger partial charge in [-0.1, -0.05) is 5.16 Å². The highest BCUT2D eigenvalue weighted by Gasteiger charge is 2.19. The van der Waals surface area contributed by atoms with Gasteiger partial charge >= 0.3 is 0 Å². The number of thiophene rings is 1. The van der Waals surface area contributed by atoms with Gasteiger partial charge in [0.1, 0.15) is 23.6 Å². The van der Waals surface area contributed by atoms with Gasteiger partial charge in [-0.2, -0.15) is 5.10 Å². The van der Waals surface area contributed by atoms with E-state index < -0.39 is 0 Å². The summed E-state index contributed by atoms with van der Waals surface area (Å²) in [4.78, 5) is 11.5. The lowest BCUT2D eigenvalue weighted by molar-refractivity contribution is 0.393. The molecular weight excluding hydrogens is 410 g/mol. The molecule has 9 heteroatoms. The van der Waals surface area contributed by atoms with Crippen LogP contribution in [0.5, 0.6) is 0 Å². The molecule has 5 aromatic rings. The molecule has 31 heavy (non-hydrogen) atoms. The van der Waals surface area contributed by atoms with Crippen LogP contribution in [0.2, 0.25) is 0 Å². The number of hydrogen-bond acceptors (Lipinski definition) is 7. The molecule has 0 radical (unpaired) electrons. The predicted molar refractivity (Wildman–Crippen MR) is 120 cm³/mol. The van der Waals surface area contributed by atoms with Gasteiger partial charge in [0.2, 0.25) is 0 Å². The maximum Gasteiger partial charge on any atom is 0.145 e.